The van der Waals surface area contributed by atoms with E-state index in [1.807, 2.05) is 0 Å². The van der Waals surface area contributed by atoms with Gasteiger partial charge in [-0.2, -0.15) is 0 Å². The van der Waals surface area contributed by atoms with Crippen LogP contribution in [0.5, 0.6) is 0 Å². The number of ketones is 1. The second kappa shape index (κ2) is 7.89. The van der Waals surface area contributed by atoms with E-state index in [2.05, 4.69) is 0 Å². The lowest BCUT2D eigenvalue weighted by Crippen LogP contribution is -2.00. The number of carboxylic acids is 1. The van der Waals surface area contributed by atoms with Gasteiger partial charge >= 0.3 is 5.97 Å². The molecule has 0 fully saturated rings. The zero-order chi connectivity index (χ0) is 14.3. The van der Waals surface area contributed by atoms with Gasteiger partial charge in [0, 0.05) is 18.4 Å². The Morgan fingerprint density at radius 1 is 1.11 bits per heavy atom. The van der Waals surface area contributed by atoms with Crippen LogP contribution in [0.25, 0.3) is 0 Å². The fourth-order valence-electron chi connectivity index (χ4n) is 1.77. The molecule has 5 heteroatoms. The summed E-state index contributed by atoms with van der Waals surface area (Å²) in [5.41, 5.74) is 0.341. The Labute approximate surface area is 116 Å². The average Bonchev–Trinajstić information content (AvgIpc) is 2.32. The van der Waals surface area contributed by atoms with Gasteiger partial charge in [-0.25, -0.2) is 4.39 Å². The van der Waals surface area contributed by atoms with Crippen LogP contribution in [0, 0.1) is 5.82 Å². The van der Waals surface area contributed by atoms with Crippen molar-refractivity contribution >= 4 is 23.4 Å². The van der Waals surface area contributed by atoms with Gasteiger partial charge in [-0.3, -0.25) is 9.59 Å². The van der Waals surface area contributed by atoms with Crippen LogP contribution < -0.4 is 0 Å². The highest BCUT2D eigenvalue weighted by molar-refractivity contribution is 6.33. The molecule has 19 heavy (non-hydrogen) atoms. The summed E-state index contributed by atoms with van der Waals surface area (Å²) in [5, 5.41) is 8.60. The van der Waals surface area contributed by atoms with Gasteiger partial charge in [0.15, 0.2) is 5.78 Å². The fourth-order valence-corrected chi connectivity index (χ4v) is 2.04. The molecular weight excluding hydrogens is 271 g/mol. The SMILES string of the molecule is O=C(O)CCCCCCC(=O)c1ccc(F)cc1Cl. The van der Waals surface area contributed by atoms with E-state index in [9.17, 15) is 14.0 Å². The van der Waals surface area contributed by atoms with Crippen molar-refractivity contribution in [2.24, 2.45) is 0 Å². The third kappa shape index (κ3) is 5.83. The number of hydrogen-bond acceptors (Lipinski definition) is 2. The number of carboxylic acid groups (broad SMARTS) is 1. The van der Waals surface area contributed by atoms with Crippen molar-refractivity contribution in [3.05, 3.63) is 34.6 Å². The molecule has 0 aliphatic rings. The highest BCUT2D eigenvalue weighted by atomic mass is 35.5. The van der Waals surface area contributed by atoms with Crippen LogP contribution in [0.15, 0.2) is 18.2 Å². The van der Waals surface area contributed by atoms with Gasteiger partial charge in [0.1, 0.15) is 5.82 Å². The van der Waals surface area contributed by atoms with E-state index in [4.69, 9.17) is 16.7 Å². The second-order valence-corrected chi connectivity index (χ2v) is 4.76. The Balaban J connectivity index is 2.29. The van der Waals surface area contributed by atoms with E-state index in [-0.39, 0.29) is 17.2 Å². The molecule has 1 rings (SSSR count). The summed E-state index contributed by atoms with van der Waals surface area (Å²) in [7, 11) is 0. The predicted octanol–water partition coefficient (Wildman–Crippen LogP) is 4.09. The molecule has 0 heterocycles. The van der Waals surface area contributed by atoms with Gasteiger partial charge in [0.05, 0.1) is 5.02 Å². The van der Waals surface area contributed by atoms with E-state index in [0.717, 1.165) is 18.9 Å². The first-order chi connectivity index (χ1) is 9.00. The zero-order valence-electron chi connectivity index (χ0n) is 10.5. The van der Waals surface area contributed by atoms with E-state index in [1.165, 1.54) is 12.1 Å². The molecule has 0 amide bonds. The third-order valence-electron chi connectivity index (χ3n) is 2.78. The maximum absolute atomic E-state index is 12.8. The summed E-state index contributed by atoms with van der Waals surface area (Å²) in [4.78, 5) is 22.1. The summed E-state index contributed by atoms with van der Waals surface area (Å²) in [6.45, 7) is 0. The monoisotopic (exact) mass is 286 g/mol. The van der Waals surface area contributed by atoms with Gasteiger partial charge in [0.25, 0.3) is 0 Å². The summed E-state index contributed by atoms with van der Waals surface area (Å²) in [5.74, 6) is -1.37. The predicted molar refractivity (Wildman–Crippen MR) is 71.1 cm³/mol. The molecule has 0 spiro atoms. The summed E-state index contributed by atoms with van der Waals surface area (Å²) < 4.78 is 12.8. The highest BCUT2D eigenvalue weighted by Crippen LogP contribution is 2.20. The van der Waals surface area contributed by atoms with Crippen molar-refractivity contribution < 1.29 is 19.1 Å². The topological polar surface area (TPSA) is 54.4 Å². The van der Waals surface area contributed by atoms with Crippen LogP contribution in [0.3, 0.4) is 0 Å². The van der Waals surface area contributed by atoms with Crippen LogP contribution in [0.4, 0.5) is 4.39 Å². The van der Waals surface area contributed by atoms with E-state index >= 15 is 0 Å². The number of hydrogen-bond donors (Lipinski definition) is 1. The first kappa shape index (κ1) is 15.6. The molecule has 0 saturated carbocycles. The Kier molecular flexibility index (Phi) is 6.50. The van der Waals surface area contributed by atoms with Gasteiger partial charge < -0.3 is 5.11 Å². The number of aliphatic carboxylic acids is 1. The van der Waals surface area contributed by atoms with Gasteiger partial charge in [0.2, 0.25) is 0 Å². The number of carbonyl (C=O) groups excluding carboxylic acids is 1. The molecule has 0 saturated heterocycles. The third-order valence-corrected chi connectivity index (χ3v) is 3.09. The van der Waals surface area contributed by atoms with Gasteiger partial charge in [-0.05, 0) is 31.0 Å². The number of halogens is 2. The largest absolute Gasteiger partial charge is 0.481 e. The number of Topliss-reactive ketones (excluding diaryl/α,β-unsaturated/α-hetero) is 1. The molecule has 1 aromatic carbocycles. The van der Waals surface area contributed by atoms with Crippen LogP contribution in [0.2, 0.25) is 5.02 Å². The number of benzene rings is 1. The minimum atomic E-state index is -0.797. The smallest absolute Gasteiger partial charge is 0.303 e. The maximum atomic E-state index is 12.8. The Morgan fingerprint density at radius 3 is 2.32 bits per heavy atom. The highest BCUT2D eigenvalue weighted by Gasteiger charge is 2.10. The first-order valence-corrected chi connectivity index (χ1v) is 6.58. The molecule has 104 valence electrons. The van der Waals surface area contributed by atoms with Gasteiger partial charge in [-0.1, -0.05) is 24.4 Å². The van der Waals surface area contributed by atoms with Crippen molar-refractivity contribution in [3.8, 4) is 0 Å². The molecule has 0 bridgehead atoms. The van der Waals surface area contributed by atoms with Gasteiger partial charge in [-0.15, -0.1) is 0 Å². The van der Waals surface area contributed by atoms with Crippen LogP contribution >= 0.6 is 11.6 Å². The van der Waals surface area contributed by atoms with Crippen LogP contribution in [0.1, 0.15) is 48.9 Å². The Hall–Kier alpha value is -1.42. The van der Waals surface area contributed by atoms with E-state index < -0.39 is 11.8 Å². The van der Waals surface area contributed by atoms with E-state index in [0.29, 0.717) is 24.8 Å². The molecule has 0 atom stereocenters. The lowest BCUT2D eigenvalue weighted by Gasteiger charge is -2.03. The molecular formula is C14H16ClFO3. The Bertz CT molecular complexity index is 460. The minimum Gasteiger partial charge on any atom is -0.481 e. The molecule has 0 aromatic heterocycles. The summed E-state index contributed by atoms with van der Waals surface area (Å²) in [6, 6.07) is 3.73. The lowest BCUT2D eigenvalue weighted by molar-refractivity contribution is -0.137. The molecule has 0 aliphatic heterocycles. The Morgan fingerprint density at radius 2 is 1.74 bits per heavy atom. The molecule has 3 nitrogen and oxygen atoms in total. The van der Waals surface area contributed by atoms with Crippen molar-refractivity contribution in [1.29, 1.82) is 0 Å². The quantitative estimate of drug-likeness (QED) is 0.578. The first-order valence-electron chi connectivity index (χ1n) is 6.20. The van der Waals surface area contributed by atoms with Crippen molar-refractivity contribution in [2.45, 2.75) is 38.5 Å². The summed E-state index contributed by atoms with van der Waals surface area (Å²) in [6.07, 6.45) is 3.41. The minimum absolute atomic E-state index is 0.108. The maximum Gasteiger partial charge on any atom is 0.303 e. The molecule has 0 unspecified atom stereocenters. The average molecular weight is 287 g/mol. The molecule has 0 radical (unpaired) electrons. The number of rotatable bonds is 8. The number of unbranched alkanes of at least 4 members (excludes halogenated alkanes) is 3. The van der Waals surface area contributed by atoms with Crippen molar-refractivity contribution in [1.82, 2.24) is 0 Å². The van der Waals surface area contributed by atoms with E-state index in [1.54, 1.807) is 0 Å². The molecule has 1 N–H and O–H groups in total. The zero-order valence-corrected chi connectivity index (χ0v) is 11.3. The lowest BCUT2D eigenvalue weighted by atomic mass is 10.0. The standard InChI is InChI=1S/C14H16ClFO3/c15-12-9-10(16)7-8-11(12)13(17)5-3-1-2-4-6-14(18)19/h7-9H,1-6H2,(H,18,19). The normalized spacial score (nSPS) is 10.4. The van der Waals surface area contributed by atoms with Crippen LogP contribution in [-0.4, -0.2) is 16.9 Å². The second-order valence-electron chi connectivity index (χ2n) is 4.36. The molecule has 0 aliphatic carbocycles. The van der Waals surface area contributed by atoms with Crippen molar-refractivity contribution in [2.75, 3.05) is 0 Å². The molecule has 1 aromatic rings. The fraction of sp³-hybridized carbons (Fsp3) is 0.429. The van der Waals surface area contributed by atoms with Crippen molar-refractivity contribution in [3.63, 3.8) is 0 Å². The van der Waals surface area contributed by atoms with Crippen LogP contribution in [-0.2, 0) is 4.79 Å². The summed E-state index contributed by atoms with van der Waals surface area (Å²) >= 11 is 5.80. The number of carbonyl (C=O) groups is 2.